The van der Waals surface area contributed by atoms with Gasteiger partial charge in [0.1, 0.15) is 5.75 Å². The highest BCUT2D eigenvalue weighted by atomic mass is 32.2. The third-order valence-corrected chi connectivity index (χ3v) is 3.06. The van der Waals surface area contributed by atoms with Crippen molar-refractivity contribution in [2.75, 3.05) is 12.8 Å². The number of β-amino-alcohol motifs (C(OH)–C–C–N with tert-alkyl or cyclic N) is 1. The van der Waals surface area contributed by atoms with Crippen LogP contribution in [0, 0.1) is 0 Å². The summed E-state index contributed by atoms with van der Waals surface area (Å²) in [5, 5.41) is 15.9. The Kier molecular flexibility index (Phi) is 2.96. The highest BCUT2D eigenvalue weighted by Gasteiger charge is 2.28. The first kappa shape index (κ1) is 11.5. The van der Waals surface area contributed by atoms with E-state index in [0.717, 1.165) is 6.26 Å². The number of nitrogens with one attached hydrogen (secondary N) is 1. The number of aliphatic hydroxyl groups is 1. The molecule has 0 bridgehead atoms. The molecule has 2 atom stereocenters. The Bertz CT molecular complexity index is 469. The lowest BCUT2D eigenvalue weighted by Gasteiger charge is -2.01. The van der Waals surface area contributed by atoms with Crippen molar-refractivity contribution < 1.29 is 18.0 Å². The van der Waals surface area contributed by atoms with E-state index in [1.54, 1.807) is 0 Å². The topological polar surface area (TPSA) is 105 Å². The Morgan fingerprint density at radius 3 is 2.94 bits per heavy atom. The first-order valence-electron chi connectivity index (χ1n) is 4.86. The Morgan fingerprint density at radius 1 is 1.62 bits per heavy atom. The molecule has 0 aliphatic carbocycles. The highest BCUT2D eigenvalue weighted by molar-refractivity contribution is 7.89. The summed E-state index contributed by atoms with van der Waals surface area (Å²) in [6, 6.07) is -0.184. The van der Waals surface area contributed by atoms with Crippen molar-refractivity contribution in [3.8, 4) is 0 Å². The zero-order valence-electron chi connectivity index (χ0n) is 8.75. The molecule has 1 aromatic heterocycles. The van der Waals surface area contributed by atoms with Crippen molar-refractivity contribution in [2.24, 2.45) is 0 Å². The first-order chi connectivity index (χ1) is 7.44. The van der Waals surface area contributed by atoms with E-state index >= 15 is 0 Å². The monoisotopic (exact) mass is 247 g/mol. The van der Waals surface area contributed by atoms with Crippen molar-refractivity contribution in [3.63, 3.8) is 0 Å². The molecule has 2 heterocycles. The molecule has 2 N–H and O–H groups in total. The van der Waals surface area contributed by atoms with Gasteiger partial charge in [-0.15, -0.1) is 0 Å². The van der Waals surface area contributed by atoms with Gasteiger partial charge >= 0.3 is 0 Å². The Hall–Kier alpha value is -0.990. The molecule has 2 rings (SSSR count). The number of rotatable bonds is 3. The van der Waals surface area contributed by atoms with Gasteiger partial charge in [0.15, 0.2) is 15.7 Å². The fourth-order valence-electron chi connectivity index (χ4n) is 1.61. The predicted molar refractivity (Wildman–Crippen MR) is 54.2 cm³/mol. The molecule has 7 nitrogen and oxygen atoms in total. The molecule has 0 saturated carbocycles. The molecule has 1 fully saturated rings. The molecule has 16 heavy (non-hydrogen) atoms. The number of hydrogen-bond donors (Lipinski definition) is 2. The fourth-order valence-corrected chi connectivity index (χ4v) is 2.19. The minimum atomic E-state index is -3.15. The summed E-state index contributed by atoms with van der Waals surface area (Å²) in [6.07, 6.45) is 1.19. The molecule has 1 saturated heterocycles. The largest absolute Gasteiger partial charge is 0.392 e. The maximum absolute atomic E-state index is 11.0. The number of hydrogen-bond acceptors (Lipinski definition) is 7. The minimum absolute atomic E-state index is 0.153. The van der Waals surface area contributed by atoms with Gasteiger partial charge in [0.25, 0.3) is 0 Å². The van der Waals surface area contributed by atoms with E-state index in [1.807, 2.05) is 0 Å². The number of nitrogens with zero attached hydrogens (tertiary/aromatic N) is 2. The van der Waals surface area contributed by atoms with E-state index in [2.05, 4.69) is 15.5 Å². The molecule has 1 aliphatic rings. The molecule has 0 spiro atoms. The van der Waals surface area contributed by atoms with Crippen LogP contribution in [0.4, 0.5) is 0 Å². The summed E-state index contributed by atoms with van der Waals surface area (Å²) >= 11 is 0. The van der Waals surface area contributed by atoms with Crippen molar-refractivity contribution in [1.29, 1.82) is 0 Å². The Morgan fingerprint density at radius 2 is 2.38 bits per heavy atom. The summed E-state index contributed by atoms with van der Waals surface area (Å²) in [5.74, 6) is 0.252. The lowest BCUT2D eigenvalue weighted by atomic mass is 10.2. The van der Waals surface area contributed by atoms with Crippen molar-refractivity contribution >= 4 is 9.84 Å². The average molecular weight is 247 g/mol. The van der Waals surface area contributed by atoms with Crippen LogP contribution in [-0.4, -0.2) is 42.6 Å². The maximum Gasteiger partial charge on any atom is 0.243 e. The molecule has 0 aromatic carbocycles. The van der Waals surface area contributed by atoms with Gasteiger partial charge in [-0.2, -0.15) is 4.98 Å². The fraction of sp³-hybridized carbons (Fsp3) is 0.750. The van der Waals surface area contributed by atoms with Gasteiger partial charge in [0.05, 0.1) is 12.1 Å². The van der Waals surface area contributed by atoms with Gasteiger partial charge < -0.3 is 14.9 Å². The van der Waals surface area contributed by atoms with E-state index in [-0.39, 0.29) is 17.6 Å². The van der Waals surface area contributed by atoms with E-state index in [9.17, 15) is 13.5 Å². The average Bonchev–Trinajstić information content (AvgIpc) is 2.71. The molecular formula is C8H13N3O4S. The molecule has 1 aromatic rings. The van der Waals surface area contributed by atoms with Gasteiger partial charge in [-0.05, 0) is 6.42 Å². The van der Waals surface area contributed by atoms with Crippen molar-refractivity contribution in [3.05, 3.63) is 11.7 Å². The third-order valence-electron chi connectivity index (χ3n) is 2.28. The van der Waals surface area contributed by atoms with Crippen LogP contribution in [0.1, 0.15) is 24.2 Å². The van der Waals surface area contributed by atoms with Gasteiger partial charge in [-0.3, -0.25) is 0 Å². The molecule has 1 aliphatic heterocycles. The quantitative estimate of drug-likeness (QED) is 0.706. The van der Waals surface area contributed by atoms with Crippen LogP contribution in [0.5, 0.6) is 0 Å². The van der Waals surface area contributed by atoms with Crippen LogP contribution < -0.4 is 5.32 Å². The summed E-state index contributed by atoms with van der Waals surface area (Å²) in [6.45, 7) is 0.481. The lowest BCUT2D eigenvalue weighted by molar-refractivity contribution is 0.191. The third kappa shape index (κ3) is 2.77. The summed E-state index contributed by atoms with van der Waals surface area (Å²) < 4.78 is 27.0. The minimum Gasteiger partial charge on any atom is -0.392 e. The van der Waals surface area contributed by atoms with Gasteiger partial charge in [0, 0.05) is 12.8 Å². The normalized spacial score (nSPS) is 26.1. The second kappa shape index (κ2) is 4.11. The number of aromatic nitrogens is 2. The van der Waals surface area contributed by atoms with E-state index in [0.29, 0.717) is 18.9 Å². The maximum atomic E-state index is 11.0. The van der Waals surface area contributed by atoms with Crippen LogP contribution in [0.25, 0.3) is 0 Å². The van der Waals surface area contributed by atoms with Crippen LogP contribution in [0.2, 0.25) is 0 Å². The SMILES string of the molecule is CS(=O)(=O)Cc1noc([C@@H]2CC(O)CN2)n1. The van der Waals surface area contributed by atoms with Crippen molar-refractivity contribution in [1.82, 2.24) is 15.5 Å². The van der Waals surface area contributed by atoms with Gasteiger partial charge in [-0.1, -0.05) is 5.16 Å². The summed E-state index contributed by atoms with van der Waals surface area (Å²) in [4.78, 5) is 3.98. The molecule has 8 heteroatoms. The number of sulfone groups is 1. The molecule has 0 amide bonds. The first-order valence-corrected chi connectivity index (χ1v) is 6.92. The standard InChI is InChI=1S/C8H13N3O4S/c1-16(13,14)4-7-10-8(15-11-7)6-2-5(12)3-9-6/h5-6,9,12H,2-4H2,1H3/t5?,6-/m0/s1. The molecule has 90 valence electrons. The second-order valence-electron chi connectivity index (χ2n) is 3.97. The van der Waals surface area contributed by atoms with E-state index in [1.165, 1.54) is 0 Å². The van der Waals surface area contributed by atoms with E-state index in [4.69, 9.17) is 4.52 Å². The Labute approximate surface area is 92.8 Å². The molecular weight excluding hydrogens is 234 g/mol. The molecule has 0 radical (unpaired) electrons. The summed E-state index contributed by atoms with van der Waals surface area (Å²) in [5.41, 5.74) is 0. The van der Waals surface area contributed by atoms with Crippen LogP contribution in [0.3, 0.4) is 0 Å². The second-order valence-corrected chi connectivity index (χ2v) is 6.11. The predicted octanol–water partition coefficient (Wildman–Crippen LogP) is -0.990. The number of aliphatic hydroxyl groups excluding tert-OH is 1. The van der Waals surface area contributed by atoms with Gasteiger partial charge in [-0.25, -0.2) is 8.42 Å². The molecule has 1 unspecified atom stereocenters. The zero-order chi connectivity index (χ0) is 11.8. The van der Waals surface area contributed by atoms with E-state index < -0.39 is 15.9 Å². The summed E-state index contributed by atoms with van der Waals surface area (Å²) in [7, 11) is -3.15. The van der Waals surface area contributed by atoms with Crippen molar-refractivity contribution in [2.45, 2.75) is 24.3 Å². The van der Waals surface area contributed by atoms with Gasteiger partial charge in [0.2, 0.25) is 5.89 Å². The van der Waals surface area contributed by atoms with Crippen LogP contribution in [0.15, 0.2) is 4.52 Å². The lowest BCUT2D eigenvalue weighted by Crippen LogP contribution is -2.15. The Balaban J connectivity index is 2.08. The highest BCUT2D eigenvalue weighted by Crippen LogP contribution is 2.21. The zero-order valence-corrected chi connectivity index (χ0v) is 9.57. The smallest absolute Gasteiger partial charge is 0.243 e. The van der Waals surface area contributed by atoms with Crippen LogP contribution >= 0.6 is 0 Å². The van der Waals surface area contributed by atoms with Crippen LogP contribution in [-0.2, 0) is 15.6 Å².